The van der Waals surface area contributed by atoms with E-state index < -0.39 is 82.3 Å². The number of nitrogens with two attached hydrogens (primary N) is 2. The summed E-state index contributed by atoms with van der Waals surface area (Å²) >= 11 is 4.00. The number of aliphatic imine (C=N–C) groups is 1. The summed E-state index contributed by atoms with van der Waals surface area (Å²) in [6.07, 6.45) is -10.5. The molecular weight excluding hydrogens is 667 g/mol. The van der Waals surface area contributed by atoms with Crippen LogP contribution < -0.4 is 22.3 Å². The van der Waals surface area contributed by atoms with E-state index in [-0.39, 0.29) is 35.3 Å². The molecule has 7 heterocycles. The van der Waals surface area contributed by atoms with Gasteiger partial charge in [-0.25, -0.2) is 28.3 Å². The van der Waals surface area contributed by atoms with E-state index in [0.29, 0.717) is 5.82 Å². The Morgan fingerprint density at radius 3 is 2.38 bits per heavy atom. The number of fused-ring (bicyclic) bond motifs is 4. The maximum absolute atomic E-state index is 16.0. The second-order valence-corrected chi connectivity index (χ2v) is 15.4. The van der Waals surface area contributed by atoms with Crippen LogP contribution in [0, 0.1) is 0 Å². The van der Waals surface area contributed by atoms with Gasteiger partial charge in [-0.15, -0.1) is 0 Å². The second-order valence-electron chi connectivity index (χ2n) is 10.5. The molecule has 4 aliphatic rings. The van der Waals surface area contributed by atoms with E-state index in [1.807, 2.05) is 0 Å². The van der Waals surface area contributed by atoms with Crippen LogP contribution in [0.3, 0.4) is 0 Å². The van der Waals surface area contributed by atoms with Gasteiger partial charge in [0.1, 0.15) is 48.4 Å². The van der Waals surface area contributed by atoms with Gasteiger partial charge in [-0.3, -0.25) is 32.5 Å². The van der Waals surface area contributed by atoms with E-state index in [4.69, 9.17) is 39.0 Å². The Balaban J connectivity index is 1.16. The third-order valence-corrected chi connectivity index (χ3v) is 10.4. The van der Waals surface area contributed by atoms with Crippen LogP contribution in [0.5, 0.6) is 0 Å². The van der Waals surface area contributed by atoms with E-state index >= 15 is 8.78 Å². The Morgan fingerprint density at radius 2 is 1.64 bits per heavy atom. The molecule has 242 valence electrons. The van der Waals surface area contributed by atoms with Crippen molar-refractivity contribution in [3.05, 3.63) is 28.7 Å². The predicted octanol–water partition coefficient (Wildman–Crippen LogP) is -0.246. The number of hydrogen-bond donors (Lipinski definition) is 5. The van der Waals surface area contributed by atoms with Gasteiger partial charge in [0.25, 0.3) is 20.6 Å². The van der Waals surface area contributed by atoms with Crippen LogP contribution in [0.4, 0.5) is 20.5 Å². The molecule has 3 saturated heterocycles. The lowest BCUT2D eigenvalue weighted by molar-refractivity contribution is -0.0549. The van der Waals surface area contributed by atoms with Crippen molar-refractivity contribution in [1.29, 1.82) is 0 Å². The minimum absolute atomic E-state index is 0.0980. The minimum Gasteiger partial charge on any atom is -0.382 e. The Labute approximate surface area is 256 Å². The molecule has 0 spiro atoms. The number of amidine groups is 1. The molecule has 3 aromatic heterocycles. The number of aromatic amines is 1. The van der Waals surface area contributed by atoms with Gasteiger partial charge < -0.3 is 35.3 Å². The standard InChI is InChI=1S/C20H25BF2N10O9P2S/c21-43(35)37-1-6-13(9(23)18(39-6)32-4-28-10-14(24)26-3-27-15(10)32)42-44(36,45)38-2-7-12(41-43)8(22)19(40-7)33-5-29-11-16(33)30-20(25)31-17(11)34/h4-9,12-13,18-19,27H,1-3,21H2,(H2,24,26)(H,36,45)(H3,25,30,31,34)/t6-,7-,8-,9-,12-,13-,18-,19-,43?,44?/m1/s1. The zero-order valence-corrected chi connectivity index (χ0v) is 25.7. The molecule has 45 heavy (non-hydrogen) atoms. The third-order valence-electron chi connectivity index (χ3n) is 7.51. The summed E-state index contributed by atoms with van der Waals surface area (Å²) in [5.41, 5.74) is 10.9. The number of rotatable bonds is 2. The molecule has 0 radical (unpaired) electrons. The average molecular weight is 692 g/mol. The van der Waals surface area contributed by atoms with E-state index in [1.165, 1.54) is 10.9 Å². The molecule has 0 aliphatic carbocycles. The molecule has 0 amide bonds. The Bertz CT molecular complexity index is 1850. The summed E-state index contributed by atoms with van der Waals surface area (Å²) in [6.45, 7) is -5.54. The lowest BCUT2D eigenvalue weighted by Gasteiger charge is -2.29. The minimum atomic E-state index is -4.40. The molecular formula is C20H25BF2N10O9P2S. The number of nitrogens with zero attached hydrogens (tertiary/aromatic N) is 6. The normalized spacial score (nSPS) is 38.8. The number of nitrogen functional groups attached to an aromatic ring is 1. The number of hydrogen-bond acceptors (Lipinski definition) is 16. The van der Waals surface area contributed by atoms with Crippen LogP contribution >= 0.6 is 26.5 Å². The van der Waals surface area contributed by atoms with Crippen molar-refractivity contribution in [2.45, 2.75) is 49.2 Å². The highest BCUT2D eigenvalue weighted by Gasteiger charge is 2.54. The first-order valence-electron chi connectivity index (χ1n) is 13.3. The van der Waals surface area contributed by atoms with Crippen LogP contribution in [-0.4, -0.2) is 99.1 Å². The zero-order valence-electron chi connectivity index (χ0n) is 23.0. The van der Waals surface area contributed by atoms with E-state index in [0.717, 1.165) is 18.5 Å². The van der Waals surface area contributed by atoms with Crippen molar-refractivity contribution >= 4 is 62.9 Å². The number of alkyl halides is 2. The molecule has 0 saturated carbocycles. The number of thiol groups is 1. The molecule has 25 heteroatoms. The number of H-pyrrole nitrogens is 1. The SMILES string of the molecule is BP1(=O)OC[C@H]2O[C@@H](n3cnc4c3NCN=C4N)[C@H](F)[C@@H]2OP(=O)(S)OC[C@H]2O[C@@H](n3cnc4c(=O)[nH]c(N)nc43)[C@H](F)[C@@H]2O1. The average Bonchev–Trinajstić information content (AvgIpc) is 3.72. The summed E-state index contributed by atoms with van der Waals surface area (Å²) in [5, 5.41) is 2.94. The van der Waals surface area contributed by atoms with Gasteiger partial charge >= 0.3 is 6.80 Å². The fraction of sp³-hybridized carbons (Fsp3) is 0.550. The lowest BCUT2D eigenvalue weighted by Crippen LogP contribution is -2.37. The highest BCUT2D eigenvalue weighted by molar-refractivity contribution is 8.44. The van der Waals surface area contributed by atoms with Crippen molar-refractivity contribution in [2.75, 3.05) is 30.9 Å². The van der Waals surface area contributed by atoms with Gasteiger partial charge in [0.15, 0.2) is 36.0 Å². The second kappa shape index (κ2) is 11.1. The summed E-state index contributed by atoms with van der Waals surface area (Å²) in [4.78, 5) is 30.6. The fourth-order valence-electron chi connectivity index (χ4n) is 5.49. The zero-order chi connectivity index (χ0) is 31.8. The monoisotopic (exact) mass is 692 g/mol. The predicted molar refractivity (Wildman–Crippen MR) is 156 cm³/mol. The van der Waals surface area contributed by atoms with Gasteiger partial charge in [0, 0.05) is 0 Å². The summed E-state index contributed by atoms with van der Waals surface area (Å²) in [5.74, 6) is 0.206. The van der Waals surface area contributed by atoms with Gasteiger partial charge in [0.05, 0.1) is 25.9 Å². The first-order valence-corrected chi connectivity index (χ1v) is 18.0. The number of halogens is 2. The smallest absolute Gasteiger partial charge is 0.382 e. The first-order chi connectivity index (χ1) is 21.3. The number of anilines is 2. The number of nitrogens with one attached hydrogen (secondary N) is 2. The van der Waals surface area contributed by atoms with Crippen LogP contribution in [0.25, 0.3) is 11.2 Å². The molecule has 2 unspecified atom stereocenters. The molecule has 0 bridgehead atoms. The lowest BCUT2D eigenvalue weighted by atomic mass is 10.1. The number of imidazole rings is 2. The van der Waals surface area contributed by atoms with Gasteiger partial charge in [0.2, 0.25) is 5.95 Å². The third kappa shape index (κ3) is 5.49. The molecule has 6 N–H and O–H groups in total. The van der Waals surface area contributed by atoms with Gasteiger partial charge in [-0.2, -0.15) is 4.98 Å². The topological polar surface area (TPSA) is 247 Å². The van der Waals surface area contributed by atoms with Gasteiger partial charge in [-0.05, 0) is 0 Å². The molecule has 3 aromatic rings. The number of ether oxygens (including phenoxy) is 2. The van der Waals surface area contributed by atoms with Crippen molar-refractivity contribution in [3.63, 3.8) is 0 Å². The van der Waals surface area contributed by atoms with Crippen LogP contribution in [-0.2, 0) is 36.7 Å². The Morgan fingerprint density at radius 1 is 1.00 bits per heavy atom. The fourth-order valence-corrected chi connectivity index (χ4v) is 8.14. The first kappa shape index (κ1) is 30.8. The summed E-state index contributed by atoms with van der Waals surface area (Å²) in [6, 6.07) is 0. The number of aromatic nitrogens is 6. The summed E-state index contributed by atoms with van der Waals surface area (Å²) in [7, 11) is -3.04. The van der Waals surface area contributed by atoms with Crippen LogP contribution in [0.1, 0.15) is 18.1 Å². The maximum atomic E-state index is 16.0. The highest BCUT2D eigenvalue weighted by atomic mass is 32.7. The molecule has 0 aromatic carbocycles. The van der Waals surface area contributed by atoms with Crippen LogP contribution in [0.2, 0.25) is 0 Å². The molecule has 3 fully saturated rings. The van der Waals surface area contributed by atoms with Crippen molar-refractivity contribution in [1.82, 2.24) is 29.1 Å². The quantitative estimate of drug-likeness (QED) is 0.132. The van der Waals surface area contributed by atoms with E-state index in [2.05, 4.69) is 42.5 Å². The van der Waals surface area contributed by atoms with E-state index in [1.54, 1.807) is 0 Å². The Hall–Kier alpha value is -2.88. The van der Waals surface area contributed by atoms with Crippen molar-refractivity contribution < 1.29 is 45.5 Å². The summed E-state index contributed by atoms with van der Waals surface area (Å²) < 4.78 is 95.0. The highest BCUT2D eigenvalue weighted by Crippen LogP contribution is 2.58. The Kier molecular flexibility index (Phi) is 7.61. The van der Waals surface area contributed by atoms with E-state index in [9.17, 15) is 13.9 Å². The molecule has 7 rings (SSSR count). The van der Waals surface area contributed by atoms with Crippen molar-refractivity contribution in [2.24, 2.45) is 10.7 Å². The van der Waals surface area contributed by atoms with Crippen molar-refractivity contribution in [3.8, 4) is 0 Å². The molecule has 4 aliphatic heterocycles. The van der Waals surface area contributed by atoms with Gasteiger partial charge in [-0.1, -0.05) is 12.2 Å². The molecule has 19 nitrogen and oxygen atoms in total. The molecule has 10 atom stereocenters. The van der Waals surface area contributed by atoms with Crippen LogP contribution in [0.15, 0.2) is 22.4 Å². The largest absolute Gasteiger partial charge is 0.386 e. The maximum Gasteiger partial charge on any atom is 0.386 e.